The highest BCUT2D eigenvalue weighted by Gasteiger charge is 2.49. The smallest absolute Gasteiger partial charge is 0.417 e. The highest BCUT2D eigenvalue weighted by Crippen LogP contribution is 2.43. The first kappa shape index (κ1) is 29.7. The first-order valence-corrected chi connectivity index (χ1v) is 13.7. The third-order valence-corrected chi connectivity index (χ3v) is 7.12. The Morgan fingerprint density at radius 1 is 1.05 bits per heavy atom. The van der Waals surface area contributed by atoms with Crippen molar-refractivity contribution in [1.82, 2.24) is 4.90 Å². The molecule has 3 aliphatic rings. The molecule has 0 saturated carbocycles. The summed E-state index contributed by atoms with van der Waals surface area (Å²) in [5.74, 6) is -4.11. The molecular formula is C30H34N2O11. The van der Waals surface area contributed by atoms with Crippen LogP contribution in [0.3, 0.4) is 0 Å². The Morgan fingerprint density at radius 3 is 2.44 bits per heavy atom. The van der Waals surface area contributed by atoms with Crippen LogP contribution < -0.4 is 14.4 Å². The van der Waals surface area contributed by atoms with E-state index in [0.29, 0.717) is 19.4 Å². The van der Waals surface area contributed by atoms with Crippen LogP contribution in [-0.4, -0.2) is 75.1 Å². The quantitative estimate of drug-likeness (QED) is 0.355. The molecule has 43 heavy (non-hydrogen) atoms. The third-order valence-electron chi connectivity index (χ3n) is 7.12. The Hall–Kier alpha value is -4.78. The molecule has 13 nitrogen and oxygen atoms in total. The number of fused-ring (bicyclic) bond motifs is 2. The number of rotatable bonds is 6. The van der Waals surface area contributed by atoms with E-state index in [0.717, 1.165) is 10.5 Å². The van der Waals surface area contributed by atoms with Crippen LogP contribution in [0.15, 0.2) is 65.7 Å². The molecule has 230 valence electrons. The van der Waals surface area contributed by atoms with Gasteiger partial charge in [0.1, 0.15) is 12.2 Å². The first-order valence-electron chi connectivity index (χ1n) is 13.7. The van der Waals surface area contributed by atoms with Crippen LogP contribution in [0.1, 0.15) is 49.5 Å². The summed E-state index contributed by atoms with van der Waals surface area (Å²) >= 11 is 0. The molecule has 0 aliphatic carbocycles. The summed E-state index contributed by atoms with van der Waals surface area (Å²) in [6.07, 6.45) is -3.11. The number of aliphatic hydroxyl groups is 4. The van der Waals surface area contributed by atoms with Crippen molar-refractivity contribution >= 4 is 17.7 Å². The summed E-state index contributed by atoms with van der Waals surface area (Å²) in [5.41, 5.74) is 0.125. The van der Waals surface area contributed by atoms with Gasteiger partial charge in [-0.05, 0) is 45.2 Å². The summed E-state index contributed by atoms with van der Waals surface area (Å²) in [5, 5.41) is 40.4. The molecule has 0 spiro atoms. The van der Waals surface area contributed by atoms with Gasteiger partial charge in [-0.3, -0.25) is 4.79 Å². The number of ether oxygens (including phenoxy) is 5. The fraction of sp³-hybridized carbons (Fsp3) is 0.400. The molecule has 1 saturated heterocycles. The number of amides is 2. The lowest BCUT2D eigenvalue weighted by Crippen LogP contribution is -2.55. The number of benzene rings is 2. The van der Waals surface area contributed by atoms with E-state index >= 15 is 0 Å². The summed E-state index contributed by atoms with van der Waals surface area (Å²) in [6, 6.07) is 11.6. The minimum atomic E-state index is -1.85. The second kappa shape index (κ2) is 11.5. The van der Waals surface area contributed by atoms with E-state index in [1.165, 1.54) is 24.1 Å². The van der Waals surface area contributed by atoms with Crippen LogP contribution in [0.25, 0.3) is 0 Å². The van der Waals surface area contributed by atoms with E-state index in [2.05, 4.69) is 0 Å². The van der Waals surface area contributed by atoms with Gasteiger partial charge >= 0.3 is 12.0 Å². The maximum absolute atomic E-state index is 14.0. The van der Waals surface area contributed by atoms with E-state index in [-0.39, 0.29) is 29.4 Å². The molecule has 5 rings (SSSR count). The van der Waals surface area contributed by atoms with Gasteiger partial charge in [0.15, 0.2) is 17.7 Å². The second-order valence-corrected chi connectivity index (χ2v) is 11.2. The van der Waals surface area contributed by atoms with E-state index in [1.54, 1.807) is 20.8 Å². The Balaban J connectivity index is 1.62. The van der Waals surface area contributed by atoms with Crippen molar-refractivity contribution in [3.63, 3.8) is 0 Å². The largest absolute Gasteiger partial charge is 0.503 e. The number of hydrogen-bond donors (Lipinski definition) is 4. The standard InChI is InChI=1S/C30H34N2O11/c1-30(2,3)43-29(38)32-19-14-20(39-4)21(40-15-16-9-6-5-7-10-16)13-17(19)25(36)31-12-8-11-18(31)26(32)41-28-24(35)22(33)23(34)27(37)42-28/h5-7,9-10,13-14,18,26,28,33-35,37H,8,11-12,15H2,1-4H3/t18-,26-,28?/m0/s1. The second-order valence-electron chi connectivity index (χ2n) is 11.2. The third kappa shape index (κ3) is 5.80. The van der Waals surface area contributed by atoms with Crippen molar-refractivity contribution in [2.45, 2.75) is 64.4 Å². The first-order chi connectivity index (χ1) is 20.4. The molecule has 4 N–H and O–H groups in total. The Labute approximate surface area is 247 Å². The van der Waals surface area contributed by atoms with Gasteiger partial charge in [-0.2, -0.15) is 0 Å². The van der Waals surface area contributed by atoms with Crippen molar-refractivity contribution in [3.8, 4) is 11.5 Å². The molecule has 3 aliphatic heterocycles. The molecule has 0 bridgehead atoms. The zero-order valence-electron chi connectivity index (χ0n) is 24.1. The maximum atomic E-state index is 14.0. The number of carbonyl (C=O) groups is 2. The average Bonchev–Trinajstić information content (AvgIpc) is 3.43. The van der Waals surface area contributed by atoms with Gasteiger partial charge < -0.3 is 49.0 Å². The lowest BCUT2D eigenvalue weighted by molar-refractivity contribution is -0.181. The zero-order valence-corrected chi connectivity index (χ0v) is 24.1. The summed E-state index contributed by atoms with van der Waals surface area (Å²) in [4.78, 5) is 30.6. The molecule has 0 radical (unpaired) electrons. The lowest BCUT2D eigenvalue weighted by Gasteiger charge is -2.38. The van der Waals surface area contributed by atoms with E-state index in [4.69, 9.17) is 23.7 Å². The lowest BCUT2D eigenvalue weighted by atomic mass is 10.1. The Kier molecular flexibility index (Phi) is 7.93. The van der Waals surface area contributed by atoms with Gasteiger partial charge in [0.25, 0.3) is 12.2 Å². The van der Waals surface area contributed by atoms with Gasteiger partial charge in [-0.25, -0.2) is 9.69 Å². The van der Waals surface area contributed by atoms with E-state index < -0.39 is 59.4 Å². The molecule has 3 heterocycles. The molecule has 1 fully saturated rings. The number of nitrogens with zero attached hydrogens (tertiary/aromatic N) is 2. The van der Waals surface area contributed by atoms with E-state index in [9.17, 15) is 30.0 Å². The van der Waals surface area contributed by atoms with Crippen LogP contribution in [0.5, 0.6) is 11.5 Å². The SMILES string of the molecule is COc1cc2c(cc1OCc1ccccc1)C(=O)N1CCC[C@H]1[C@H](OC1OC(O)=C(O)C(O)=C1O)N2C(=O)OC(C)(C)C. The van der Waals surface area contributed by atoms with Crippen molar-refractivity contribution in [2.75, 3.05) is 18.6 Å². The topological polar surface area (TPSA) is 168 Å². The molecule has 1 unspecified atom stereocenters. The summed E-state index contributed by atoms with van der Waals surface area (Å²) in [6.45, 7) is 5.56. The number of aliphatic hydroxyl groups excluding tert-OH is 4. The fourth-order valence-electron chi connectivity index (χ4n) is 5.16. The van der Waals surface area contributed by atoms with Crippen LogP contribution in [0, 0.1) is 0 Å². The monoisotopic (exact) mass is 598 g/mol. The highest BCUT2D eigenvalue weighted by molar-refractivity contribution is 6.06. The Morgan fingerprint density at radius 2 is 1.77 bits per heavy atom. The van der Waals surface area contributed by atoms with E-state index in [1.807, 2.05) is 30.3 Å². The summed E-state index contributed by atoms with van der Waals surface area (Å²) < 4.78 is 28.6. The van der Waals surface area contributed by atoms with Crippen molar-refractivity contribution in [3.05, 3.63) is 76.8 Å². The van der Waals surface area contributed by atoms with Crippen molar-refractivity contribution in [2.24, 2.45) is 0 Å². The summed E-state index contributed by atoms with van der Waals surface area (Å²) in [7, 11) is 1.42. The van der Waals surface area contributed by atoms with Crippen molar-refractivity contribution in [1.29, 1.82) is 0 Å². The van der Waals surface area contributed by atoms with Gasteiger partial charge in [-0.15, -0.1) is 0 Å². The molecule has 0 aromatic heterocycles. The average molecular weight is 599 g/mol. The molecule has 2 aromatic rings. The van der Waals surface area contributed by atoms with Crippen LogP contribution in [-0.2, 0) is 20.8 Å². The molecular weight excluding hydrogens is 564 g/mol. The number of carbonyl (C=O) groups excluding carboxylic acids is 2. The molecule has 13 heteroatoms. The highest BCUT2D eigenvalue weighted by atomic mass is 16.7. The number of hydrogen-bond acceptors (Lipinski definition) is 11. The normalized spacial score (nSPS) is 22.0. The maximum Gasteiger partial charge on any atom is 0.417 e. The van der Waals surface area contributed by atoms with Gasteiger partial charge in [0.2, 0.25) is 17.3 Å². The Bertz CT molecular complexity index is 1460. The predicted molar refractivity (Wildman–Crippen MR) is 151 cm³/mol. The van der Waals surface area contributed by atoms with Gasteiger partial charge in [0.05, 0.1) is 24.4 Å². The molecule has 2 amide bonds. The predicted octanol–water partition coefficient (Wildman–Crippen LogP) is 4.95. The zero-order chi connectivity index (χ0) is 31.1. The molecule has 2 aromatic carbocycles. The minimum Gasteiger partial charge on any atom is -0.503 e. The minimum absolute atomic E-state index is 0.0775. The van der Waals surface area contributed by atoms with Crippen LogP contribution >= 0.6 is 0 Å². The van der Waals surface area contributed by atoms with Crippen LogP contribution in [0.4, 0.5) is 10.5 Å². The van der Waals surface area contributed by atoms with Gasteiger partial charge in [-0.1, -0.05) is 30.3 Å². The van der Waals surface area contributed by atoms with Gasteiger partial charge in [0, 0.05) is 12.6 Å². The van der Waals surface area contributed by atoms with Crippen molar-refractivity contribution < 1.29 is 53.7 Å². The number of methoxy groups -OCH3 is 1. The van der Waals surface area contributed by atoms with Crippen LogP contribution in [0.2, 0.25) is 0 Å². The molecule has 3 atom stereocenters. The fourth-order valence-corrected chi connectivity index (χ4v) is 5.16. The number of anilines is 1.